The first-order chi connectivity index (χ1) is 8.80. The van der Waals surface area contributed by atoms with E-state index in [1.807, 2.05) is 0 Å². The highest BCUT2D eigenvalue weighted by molar-refractivity contribution is 5.66. The molecule has 0 radical (unpaired) electrons. The van der Waals surface area contributed by atoms with Crippen molar-refractivity contribution in [2.75, 3.05) is 11.9 Å². The van der Waals surface area contributed by atoms with Crippen molar-refractivity contribution in [1.82, 2.24) is 20.2 Å². The predicted octanol–water partition coefficient (Wildman–Crippen LogP) is 1.54. The molecule has 0 saturated carbocycles. The minimum atomic E-state index is -0.736. The van der Waals surface area contributed by atoms with E-state index in [1.165, 1.54) is 0 Å². The van der Waals surface area contributed by atoms with Crippen molar-refractivity contribution in [3.8, 4) is 0 Å². The summed E-state index contributed by atoms with van der Waals surface area (Å²) in [6.45, 7) is 7.16. The van der Waals surface area contributed by atoms with Gasteiger partial charge >= 0.3 is 5.97 Å². The van der Waals surface area contributed by atoms with Crippen molar-refractivity contribution in [2.24, 2.45) is 18.4 Å². The van der Waals surface area contributed by atoms with Gasteiger partial charge in [-0.25, -0.2) is 4.68 Å². The second-order valence-corrected chi connectivity index (χ2v) is 5.84. The number of hydrogen-bond donors (Lipinski definition) is 2. The number of nitrogens with one attached hydrogen (secondary N) is 1. The SMILES string of the molecule is Cn1nnnc1NCCC(CCC(=O)O)C(C)(C)C. The molecule has 0 fully saturated rings. The van der Waals surface area contributed by atoms with Crippen molar-refractivity contribution in [2.45, 2.75) is 40.0 Å². The van der Waals surface area contributed by atoms with E-state index in [0.717, 1.165) is 13.0 Å². The highest BCUT2D eigenvalue weighted by atomic mass is 16.4. The molecule has 1 unspecified atom stereocenters. The van der Waals surface area contributed by atoms with Gasteiger partial charge in [-0.05, 0) is 34.6 Å². The van der Waals surface area contributed by atoms with Crippen LogP contribution in [0, 0.1) is 11.3 Å². The van der Waals surface area contributed by atoms with Crippen LogP contribution in [-0.4, -0.2) is 37.8 Å². The summed E-state index contributed by atoms with van der Waals surface area (Å²) in [7, 11) is 1.77. The Morgan fingerprint density at radius 2 is 2.11 bits per heavy atom. The number of hydrogen-bond acceptors (Lipinski definition) is 5. The van der Waals surface area contributed by atoms with E-state index in [1.54, 1.807) is 11.7 Å². The summed E-state index contributed by atoms with van der Waals surface area (Å²) < 4.78 is 1.57. The molecule has 0 aliphatic heterocycles. The number of carboxylic acid groups (broad SMARTS) is 1. The lowest BCUT2D eigenvalue weighted by Crippen LogP contribution is -2.24. The Morgan fingerprint density at radius 3 is 2.58 bits per heavy atom. The van der Waals surface area contributed by atoms with Gasteiger partial charge in [-0.3, -0.25) is 4.79 Å². The maximum atomic E-state index is 10.7. The van der Waals surface area contributed by atoms with Gasteiger partial charge in [0.15, 0.2) is 0 Å². The highest BCUT2D eigenvalue weighted by Gasteiger charge is 2.24. The second kappa shape index (κ2) is 6.49. The summed E-state index contributed by atoms with van der Waals surface area (Å²) in [5.41, 5.74) is 0.0925. The average molecular weight is 269 g/mol. The molecule has 7 nitrogen and oxygen atoms in total. The Kier molecular flexibility index (Phi) is 5.26. The zero-order valence-electron chi connectivity index (χ0n) is 12.1. The number of aliphatic carboxylic acids is 1. The van der Waals surface area contributed by atoms with Crippen molar-refractivity contribution >= 4 is 11.9 Å². The van der Waals surface area contributed by atoms with E-state index in [2.05, 4.69) is 41.6 Å². The van der Waals surface area contributed by atoms with Crippen LogP contribution in [0.15, 0.2) is 0 Å². The molecule has 7 heteroatoms. The van der Waals surface area contributed by atoms with Crippen LogP contribution >= 0.6 is 0 Å². The third kappa shape index (κ3) is 5.23. The molecule has 19 heavy (non-hydrogen) atoms. The molecule has 0 aromatic carbocycles. The first kappa shape index (κ1) is 15.4. The number of rotatable bonds is 7. The van der Waals surface area contributed by atoms with Gasteiger partial charge in [0.25, 0.3) is 0 Å². The maximum Gasteiger partial charge on any atom is 0.303 e. The van der Waals surface area contributed by atoms with Crippen LogP contribution in [0.4, 0.5) is 5.95 Å². The fraction of sp³-hybridized carbons (Fsp3) is 0.833. The largest absolute Gasteiger partial charge is 0.481 e. The van der Waals surface area contributed by atoms with Crippen molar-refractivity contribution in [3.63, 3.8) is 0 Å². The third-order valence-corrected chi connectivity index (χ3v) is 3.33. The molecule has 0 bridgehead atoms. The molecule has 1 heterocycles. The third-order valence-electron chi connectivity index (χ3n) is 3.33. The van der Waals surface area contributed by atoms with Crippen LogP contribution in [0.5, 0.6) is 0 Å². The predicted molar refractivity (Wildman–Crippen MR) is 71.7 cm³/mol. The first-order valence-corrected chi connectivity index (χ1v) is 6.48. The zero-order chi connectivity index (χ0) is 14.5. The average Bonchev–Trinajstić information content (AvgIpc) is 2.67. The summed E-state index contributed by atoms with van der Waals surface area (Å²) in [6.07, 6.45) is 1.80. The van der Waals surface area contributed by atoms with Crippen LogP contribution in [0.3, 0.4) is 0 Å². The molecule has 1 aromatic heterocycles. The fourth-order valence-electron chi connectivity index (χ4n) is 2.05. The smallest absolute Gasteiger partial charge is 0.303 e. The second-order valence-electron chi connectivity index (χ2n) is 5.84. The summed E-state index contributed by atoms with van der Waals surface area (Å²) in [4.78, 5) is 10.7. The standard InChI is InChI=1S/C12H23N5O2/c1-12(2,3)9(5-6-10(18)19)7-8-13-11-14-15-16-17(11)4/h9H,5-8H2,1-4H3,(H,18,19)(H,13,14,16). The topological polar surface area (TPSA) is 92.9 Å². The summed E-state index contributed by atoms with van der Waals surface area (Å²) in [5.74, 6) is 0.239. The van der Waals surface area contributed by atoms with Crippen molar-refractivity contribution in [3.05, 3.63) is 0 Å². The monoisotopic (exact) mass is 269 g/mol. The van der Waals surface area contributed by atoms with Gasteiger partial charge in [0.05, 0.1) is 0 Å². The molecule has 0 amide bonds. The molecule has 2 N–H and O–H groups in total. The molecular formula is C12H23N5O2. The van der Waals surface area contributed by atoms with Gasteiger partial charge in [0.1, 0.15) is 0 Å². The van der Waals surface area contributed by atoms with Crippen molar-refractivity contribution in [1.29, 1.82) is 0 Å². The summed E-state index contributed by atoms with van der Waals surface area (Å²) in [6, 6.07) is 0. The lowest BCUT2D eigenvalue weighted by Gasteiger charge is -2.30. The minimum absolute atomic E-state index is 0.0925. The number of carboxylic acids is 1. The number of anilines is 1. The van der Waals surface area contributed by atoms with Gasteiger partial charge in [0, 0.05) is 20.0 Å². The fourth-order valence-corrected chi connectivity index (χ4v) is 2.05. The number of tetrazole rings is 1. The minimum Gasteiger partial charge on any atom is -0.481 e. The zero-order valence-corrected chi connectivity index (χ0v) is 12.1. The van der Waals surface area contributed by atoms with Crippen LogP contribution in [-0.2, 0) is 11.8 Å². The normalized spacial score (nSPS) is 13.3. The molecule has 1 atom stereocenters. The Morgan fingerprint density at radius 1 is 1.42 bits per heavy atom. The van der Waals surface area contributed by atoms with E-state index in [9.17, 15) is 4.79 Å². The van der Waals surface area contributed by atoms with E-state index >= 15 is 0 Å². The molecule has 108 valence electrons. The first-order valence-electron chi connectivity index (χ1n) is 6.48. The highest BCUT2D eigenvalue weighted by Crippen LogP contribution is 2.32. The van der Waals surface area contributed by atoms with E-state index in [4.69, 9.17) is 5.11 Å². The number of aryl methyl sites for hydroxylation is 1. The molecule has 1 aromatic rings. The quantitative estimate of drug-likeness (QED) is 0.780. The van der Waals surface area contributed by atoms with Gasteiger partial charge in [-0.2, -0.15) is 0 Å². The molecule has 0 aliphatic rings. The van der Waals surface area contributed by atoms with E-state index in [-0.39, 0.29) is 11.8 Å². The Labute approximate surface area is 113 Å². The Hall–Kier alpha value is -1.66. The van der Waals surface area contributed by atoms with Gasteiger partial charge < -0.3 is 10.4 Å². The lowest BCUT2D eigenvalue weighted by molar-refractivity contribution is -0.137. The molecule has 0 aliphatic carbocycles. The number of aromatic nitrogens is 4. The lowest BCUT2D eigenvalue weighted by atomic mass is 9.76. The van der Waals surface area contributed by atoms with Gasteiger partial charge in [0.2, 0.25) is 5.95 Å². The van der Waals surface area contributed by atoms with Crippen LogP contribution in [0.25, 0.3) is 0 Å². The Bertz CT molecular complexity index is 410. The van der Waals surface area contributed by atoms with E-state index < -0.39 is 5.97 Å². The van der Waals surface area contributed by atoms with Crippen molar-refractivity contribution < 1.29 is 9.90 Å². The van der Waals surface area contributed by atoms with Gasteiger partial charge in [-0.1, -0.05) is 25.9 Å². The Balaban J connectivity index is 2.45. The molecule has 0 saturated heterocycles. The van der Waals surface area contributed by atoms with Gasteiger partial charge in [-0.15, -0.1) is 0 Å². The van der Waals surface area contributed by atoms with Crippen LogP contribution in [0.2, 0.25) is 0 Å². The molecular weight excluding hydrogens is 246 g/mol. The molecule has 1 rings (SSSR count). The van der Waals surface area contributed by atoms with Crippen LogP contribution < -0.4 is 5.32 Å². The molecule has 0 spiro atoms. The summed E-state index contributed by atoms with van der Waals surface area (Å²) in [5, 5.41) is 23.1. The number of nitrogens with zero attached hydrogens (tertiary/aromatic N) is 4. The van der Waals surface area contributed by atoms with E-state index in [0.29, 0.717) is 18.3 Å². The van der Waals surface area contributed by atoms with Crippen LogP contribution in [0.1, 0.15) is 40.0 Å². The maximum absolute atomic E-state index is 10.7. The summed E-state index contributed by atoms with van der Waals surface area (Å²) >= 11 is 0. The number of carbonyl (C=O) groups is 1.